The van der Waals surface area contributed by atoms with Gasteiger partial charge in [-0.1, -0.05) is 12.1 Å². The van der Waals surface area contributed by atoms with Gasteiger partial charge in [-0.2, -0.15) is 0 Å². The van der Waals surface area contributed by atoms with Gasteiger partial charge >= 0.3 is 0 Å². The van der Waals surface area contributed by atoms with Crippen LogP contribution in [-0.2, 0) is 6.61 Å². The van der Waals surface area contributed by atoms with Crippen LogP contribution < -0.4 is 16.0 Å². The van der Waals surface area contributed by atoms with Crippen molar-refractivity contribution in [3.8, 4) is 5.75 Å². The smallest absolute Gasteiger partial charge is 0.146 e. The average Bonchev–Trinajstić information content (AvgIpc) is 2.87. The zero-order chi connectivity index (χ0) is 13.9. The van der Waals surface area contributed by atoms with E-state index in [-0.39, 0.29) is 0 Å². The Labute approximate surface area is 116 Å². The summed E-state index contributed by atoms with van der Waals surface area (Å²) < 4.78 is 5.72. The first kappa shape index (κ1) is 12.5. The molecule has 0 unspecified atom stereocenters. The van der Waals surface area contributed by atoms with Crippen molar-refractivity contribution < 1.29 is 4.74 Å². The fourth-order valence-corrected chi connectivity index (χ4v) is 2.08. The molecule has 0 fully saturated rings. The van der Waals surface area contributed by atoms with Crippen LogP contribution in [0.1, 0.15) is 11.4 Å². The number of anilines is 1. The van der Waals surface area contributed by atoms with Crippen molar-refractivity contribution in [2.45, 2.75) is 13.5 Å². The number of nitrogen functional groups attached to an aromatic ring is 1. The molecule has 20 heavy (non-hydrogen) atoms. The summed E-state index contributed by atoms with van der Waals surface area (Å²) in [6.45, 7) is 2.44. The standard InChI is InChI=1S/C15H16N4O/c1-10-3-2-4-12(7-10)20-9-15-17-13-6-5-11(19-16)8-14(13)18-15/h2-8,19H,9,16H2,1H3,(H,17,18). The first-order valence-corrected chi connectivity index (χ1v) is 6.39. The Morgan fingerprint density at radius 3 is 2.95 bits per heavy atom. The fourth-order valence-electron chi connectivity index (χ4n) is 2.08. The van der Waals surface area contributed by atoms with Gasteiger partial charge in [0.2, 0.25) is 0 Å². The predicted octanol–water partition coefficient (Wildman–Crippen LogP) is 2.74. The Morgan fingerprint density at radius 2 is 2.15 bits per heavy atom. The van der Waals surface area contributed by atoms with Crippen molar-refractivity contribution in [3.05, 3.63) is 53.9 Å². The number of aromatic amines is 1. The summed E-state index contributed by atoms with van der Waals surface area (Å²) in [6.07, 6.45) is 0. The molecule has 4 N–H and O–H groups in total. The van der Waals surface area contributed by atoms with Gasteiger partial charge in [0.1, 0.15) is 18.2 Å². The molecule has 0 bridgehead atoms. The minimum absolute atomic E-state index is 0.406. The van der Waals surface area contributed by atoms with E-state index in [1.54, 1.807) is 0 Å². The number of fused-ring (bicyclic) bond motifs is 1. The van der Waals surface area contributed by atoms with E-state index in [1.807, 2.05) is 49.4 Å². The normalized spacial score (nSPS) is 10.7. The summed E-state index contributed by atoms with van der Waals surface area (Å²) in [5.74, 6) is 7.02. The first-order chi connectivity index (χ1) is 9.74. The van der Waals surface area contributed by atoms with Crippen LogP contribution in [0.2, 0.25) is 0 Å². The number of aryl methyl sites for hydroxylation is 1. The van der Waals surface area contributed by atoms with E-state index in [4.69, 9.17) is 10.6 Å². The molecule has 0 amide bonds. The van der Waals surface area contributed by atoms with E-state index in [2.05, 4.69) is 15.4 Å². The van der Waals surface area contributed by atoms with Gasteiger partial charge in [-0.3, -0.25) is 5.84 Å². The maximum Gasteiger partial charge on any atom is 0.146 e. The van der Waals surface area contributed by atoms with Crippen molar-refractivity contribution >= 4 is 16.7 Å². The van der Waals surface area contributed by atoms with Crippen molar-refractivity contribution in [2.75, 3.05) is 5.43 Å². The number of imidazole rings is 1. The lowest BCUT2D eigenvalue weighted by molar-refractivity contribution is 0.297. The lowest BCUT2D eigenvalue weighted by Gasteiger charge is -2.04. The minimum atomic E-state index is 0.406. The van der Waals surface area contributed by atoms with Gasteiger partial charge in [0, 0.05) is 0 Å². The summed E-state index contributed by atoms with van der Waals surface area (Å²) in [5, 5.41) is 0. The molecule has 5 heteroatoms. The van der Waals surface area contributed by atoms with Crippen LogP contribution >= 0.6 is 0 Å². The van der Waals surface area contributed by atoms with Crippen LogP contribution in [0.15, 0.2) is 42.5 Å². The highest BCUT2D eigenvalue weighted by molar-refractivity contribution is 5.79. The Morgan fingerprint density at radius 1 is 1.25 bits per heavy atom. The number of hydrogen-bond acceptors (Lipinski definition) is 4. The van der Waals surface area contributed by atoms with Gasteiger partial charge in [0.15, 0.2) is 0 Å². The first-order valence-electron chi connectivity index (χ1n) is 6.39. The van der Waals surface area contributed by atoms with Crippen LogP contribution in [0.5, 0.6) is 5.75 Å². The SMILES string of the molecule is Cc1cccc(OCc2nc3ccc(NN)cc3[nH]2)c1. The maximum absolute atomic E-state index is 5.72. The van der Waals surface area contributed by atoms with E-state index in [1.165, 1.54) is 5.56 Å². The number of benzene rings is 2. The molecule has 2 aromatic carbocycles. The molecule has 0 atom stereocenters. The summed E-state index contributed by atoms with van der Waals surface area (Å²) in [5.41, 5.74) is 6.45. The number of nitrogens with one attached hydrogen (secondary N) is 2. The third-order valence-corrected chi connectivity index (χ3v) is 3.06. The molecule has 0 aliphatic rings. The van der Waals surface area contributed by atoms with Gasteiger partial charge in [0.25, 0.3) is 0 Å². The number of H-pyrrole nitrogens is 1. The molecular formula is C15H16N4O. The third kappa shape index (κ3) is 2.57. The molecule has 5 nitrogen and oxygen atoms in total. The predicted molar refractivity (Wildman–Crippen MR) is 79.4 cm³/mol. The minimum Gasteiger partial charge on any atom is -0.486 e. The van der Waals surface area contributed by atoms with Crippen molar-refractivity contribution in [1.82, 2.24) is 9.97 Å². The van der Waals surface area contributed by atoms with E-state index in [0.29, 0.717) is 6.61 Å². The molecule has 0 spiro atoms. The lowest BCUT2D eigenvalue weighted by atomic mass is 10.2. The molecule has 1 heterocycles. The van der Waals surface area contributed by atoms with Crippen LogP contribution in [0, 0.1) is 6.92 Å². The number of nitrogens with two attached hydrogens (primary N) is 1. The number of hydrogen-bond donors (Lipinski definition) is 3. The fraction of sp³-hybridized carbons (Fsp3) is 0.133. The second-order valence-corrected chi connectivity index (χ2v) is 4.66. The van der Waals surface area contributed by atoms with Gasteiger partial charge in [-0.05, 0) is 42.8 Å². The molecule has 3 rings (SSSR count). The van der Waals surface area contributed by atoms with E-state index >= 15 is 0 Å². The summed E-state index contributed by atoms with van der Waals surface area (Å²) >= 11 is 0. The number of rotatable bonds is 4. The number of nitrogens with zero attached hydrogens (tertiary/aromatic N) is 1. The van der Waals surface area contributed by atoms with E-state index < -0.39 is 0 Å². The molecule has 1 aromatic heterocycles. The van der Waals surface area contributed by atoms with Crippen LogP contribution in [0.3, 0.4) is 0 Å². The van der Waals surface area contributed by atoms with Gasteiger partial charge < -0.3 is 15.1 Å². The number of ether oxygens (including phenoxy) is 1. The van der Waals surface area contributed by atoms with E-state index in [0.717, 1.165) is 28.3 Å². The molecular weight excluding hydrogens is 252 g/mol. The molecule has 0 aliphatic heterocycles. The monoisotopic (exact) mass is 268 g/mol. The van der Waals surface area contributed by atoms with Crippen molar-refractivity contribution in [3.63, 3.8) is 0 Å². The third-order valence-electron chi connectivity index (χ3n) is 3.06. The Hall–Kier alpha value is -2.53. The summed E-state index contributed by atoms with van der Waals surface area (Å²) in [4.78, 5) is 7.70. The summed E-state index contributed by atoms with van der Waals surface area (Å²) in [7, 11) is 0. The molecule has 0 saturated carbocycles. The van der Waals surface area contributed by atoms with E-state index in [9.17, 15) is 0 Å². The Bertz CT molecular complexity index is 736. The number of aromatic nitrogens is 2. The largest absolute Gasteiger partial charge is 0.486 e. The van der Waals surface area contributed by atoms with Crippen molar-refractivity contribution in [1.29, 1.82) is 0 Å². The molecule has 0 saturated heterocycles. The Kier molecular flexibility index (Phi) is 3.26. The van der Waals surface area contributed by atoms with Gasteiger partial charge in [-0.15, -0.1) is 0 Å². The highest BCUT2D eigenvalue weighted by atomic mass is 16.5. The second-order valence-electron chi connectivity index (χ2n) is 4.66. The Balaban J connectivity index is 1.77. The molecule has 0 aliphatic carbocycles. The zero-order valence-corrected chi connectivity index (χ0v) is 11.2. The molecule has 0 radical (unpaired) electrons. The lowest BCUT2D eigenvalue weighted by Crippen LogP contribution is -2.05. The van der Waals surface area contributed by atoms with Gasteiger partial charge in [0.05, 0.1) is 16.7 Å². The quantitative estimate of drug-likeness (QED) is 0.502. The van der Waals surface area contributed by atoms with Crippen LogP contribution in [0.25, 0.3) is 11.0 Å². The molecule has 3 aromatic rings. The summed E-state index contributed by atoms with van der Waals surface area (Å²) in [6, 6.07) is 13.7. The van der Waals surface area contributed by atoms with Crippen molar-refractivity contribution in [2.24, 2.45) is 5.84 Å². The zero-order valence-electron chi connectivity index (χ0n) is 11.2. The second kappa shape index (κ2) is 5.22. The van der Waals surface area contributed by atoms with Crippen LogP contribution in [-0.4, -0.2) is 9.97 Å². The highest BCUT2D eigenvalue weighted by Gasteiger charge is 2.04. The average molecular weight is 268 g/mol. The highest BCUT2D eigenvalue weighted by Crippen LogP contribution is 2.18. The number of hydrazine groups is 1. The maximum atomic E-state index is 5.72. The van der Waals surface area contributed by atoms with Gasteiger partial charge in [-0.25, -0.2) is 4.98 Å². The topological polar surface area (TPSA) is 76.0 Å². The molecule has 102 valence electrons. The van der Waals surface area contributed by atoms with Crippen LogP contribution in [0.4, 0.5) is 5.69 Å².